The highest BCUT2D eigenvalue weighted by Gasteiger charge is 2.06. The van der Waals surface area contributed by atoms with Crippen LogP contribution in [0.2, 0.25) is 0 Å². The lowest BCUT2D eigenvalue weighted by molar-refractivity contribution is -0.402. The van der Waals surface area contributed by atoms with Gasteiger partial charge in [0.15, 0.2) is 5.03 Å². The first-order valence-electron chi connectivity index (χ1n) is 1.78. The van der Waals surface area contributed by atoms with Crippen molar-refractivity contribution in [3.05, 3.63) is 21.3 Å². The van der Waals surface area contributed by atoms with Crippen molar-refractivity contribution in [3.8, 4) is 0 Å². The molecule has 0 bridgehead atoms. The zero-order chi connectivity index (χ0) is 7.44. The largest absolute Gasteiger partial charge is 0.477 e. The second-order valence-electron chi connectivity index (χ2n) is 1.07. The van der Waals surface area contributed by atoms with Crippen LogP contribution in [0, 0.1) is 10.1 Å². The van der Waals surface area contributed by atoms with Crippen LogP contribution in [0.5, 0.6) is 0 Å². The predicted octanol–water partition coefficient (Wildman–Crippen LogP) is 0.428. The van der Waals surface area contributed by atoms with Gasteiger partial charge in [-0.2, -0.15) is 0 Å². The smallest absolute Gasteiger partial charge is 0.353 e. The summed E-state index contributed by atoms with van der Waals surface area (Å²) >= 11 is 4.83. The molecule has 0 atom stereocenters. The third kappa shape index (κ3) is 3.48. The number of nitrogens with zero attached hydrogens (tertiary/aromatic N) is 1. The van der Waals surface area contributed by atoms with Crippen molar-refractivity contribution in [1.29, 1.82) is 0 Å². The molecule has 0 aromatic carbocycles. The molecule has 0 fully saturated rings. The Kier molecular flexibility index (Phi) is 2.66. The second kappa shape index (κ2) is 3.03. The molecule has 0 aliphatic heterocycles. The van der Waals surface area contributed by atoms with E-state index in [2.05, 4.69) is 0 Å². The van der Waals surface area contributed by atoms with Crippen molar-refractivity contribution >= 4 is 17.6 Å². The van der Waals surface area contributed by atoms with Crippen LogP contribution in [0.4, 0.5) is 0 Å². The molecule has 5 nitrogen and oxygen atoms in total. The summed E-state index contributed by atoms with van der Waals surface area (Å²) in [5.74, 6) is -1.51. The molecule has 0 aromatic rings. The lowest BCUT2D eigenvalue weighted by Gasteiger charge is -1.81. The number of rotatable bonds is 2. The van der Waals surface area contributed by atoms with E-state index in [4.69, 9.17) is 16.7 Å². The minimum atomic E-state index is -1.51. The van der Waals surface area contributed by atoms with Crippen LogP contribution in [-0.4, -0.2) is 16.0 Å². The molecule has 0 aliphatic rings. The molecule has 0 heterocycles. The van der Waals surface area contributed by atoms with Gasteiger partial charge in [0.1, 0.15) is 0 Å². The van der Waals surface area contributed by atoms with Crippen LogP contribution in [0.25, 0.3) is 0 Å². The number of carboxylic acids is 1. The van der Waals surface area contributed by atoms with Crippen molar-refractivity contribution in [2.45, 2.75) is 0 Å². The van der Waals surface area contributed by atoms with Gasteiger partial charge >= 0.3 is 5.97 Å². The van der Waals surface area contributed by atoms with Crippen molar-refractivity contribution in [2.75, 3.05) is 0 Å². The highest BCUT2D eigenvalue weighted by atomic mass is 35.5. The number of aliphatic carboxylic acids is 1. The van der Waals surface area contributed by atoms with E-state index >= 15 is 0 Å². The first kappa shape index (κ1) is 7.90. The Bertz CT molecular complexity index is 175. The summed E-state index contributed by atoms with van der Waals surface area (Å²) in [6, 6.07) is 0. The summed E-state index contributed by atoms with van der Waals surface area (Å²) < 4.78 is 0. The molecule has 1 N–H and O–H groups in total. The Hall–Kier alpha value is -1.10. The number of hydrogen-bond acceptors (Lipinski definition) is 3. The quantitative estimate of drug-likeness (QED) is 0.353. The van der Waals surface area contributed by atoms with Gasteiger partial charge in [0.2, 0.25) is 0 Å². The molecule has 0 unspecified atom stereocenters. The fourth-order valence-electron chi connectivity index (χ4n) is 0.148. The summed E-state index contributed by atoms with van der Waals surface area (Å²) in [6.45, 7) is 0. The van der Waals surface area contributed by atoms with Gasteiger partial charge in [0, 0.05) is 0 Å². The molecule has 6 heteroatoms. The average molecular weight is 152 g/mol. The van der Waals surface area contributed by atoms with Crippen LogP contribution in [0.3, 0.4) is 0 Å². The molecule has 50 valence electrons. The monoisotopic (exact) mass is 151 g/mol. The van der Waals surface area contributed by atoms with E-state index in [1.54, 1.807) is 0 Å². The minimum absolute atomic E-state index is 0.212. The Morgan fingerprint density at radius 2 is 2.22 bits per heavy atom. The maximum absolute atomic E-state index is 9.73. The zero-order valence-electron chi connectivity index (χ0n) is 4.07. The molecule has 0 radical (unpaired) electrons. The summed E-state index contributed by atoms with van der Waals surface area (Å²) in [6.07, 6.45) is 0.212. The van der Waals surface area contributed by atoms with Crippen molar-refractivity contribution in [1.82, 2.24) is 0 Å². The normalized spacial score (nSPS) is 11.0. The van der Waals surface area contributed by atoms with Gasteiger partial charge in [-0.25, -0.2) is 4.79 Å². The molecule has 0 aromatic heterocycles. The fourth-order valence-corrected chi connectivity index (χ4v) is 0.227. The van der Waals surface area contributed by atoms with Crippen LogP contribution >= 0.6 is 11.6 Å². The Labute approximate surface area is 54.7 Å². The average Bonchev–Trinajstić information content (AvgIpc) is 1.63. The highest BCUT2D eigenvalue weighted by molar-refractivity contribution is 6.40. The number of carboxylic acid groups (broad SMARTS) is 1. The third-order valence-corrected chi connectivity index (χ3v) is 0.682. The van der Waals surface area contributed by atoms with Crippen molar-refractivity contribution in [3.63, 3.8) is 0 Å². The fraction of sp³-hybridized carbons (Fsp3) is 0. The Balaban J connectivity index is 4.17. The molecule has 0 rings (SSSR count). The maximum Gasteiger partial charge on any atom is 0.353 e. The van der Waals surface area contributed by atoms with E-state index in [9.17, 15) is 14.9 Å². The van der Waals surface area contributed by atoms with E-state index in [-0.39, 0.29) is 6.20 Å². The Morgan fingerprint density at radius 3 is 2.33 bits per heavy atom. The molecule has 0 saturated heterocycles. The van der Waals surface area contributed by atoms with Crippen molar-refractivity contribution in [2.24, 2.45) is 0 Å². The Morgan fingerprint density at radius 1 is 1.78 bits per heavy atom. The number of hydrogen-bond donors (Lipinski definition) is 1. The number of nitro groups is 1. The summed E-state index contributed by atoms with van der Waals surface area (Å²) in [7, 11) is 0. The maximum atomic E-state index is 9.73. The summed E-state index contributed by atoms with van der Waals surface area (Å²) in [5, 5.41) is 16.6. The lowest BCUT2D eigenvalue weighted by atomic mass is 10.6. The molecule has 0 spiro atoms. The first-order valence-corrected chi connectivity index (χ1v) is 2.16. The molecular formula is C3H2ClNO4. The molecule has 0 saturated carbocycles. The van der Waals surface area contributed by atoms with Crippen LogP contribution < -0.4 is 0 Å². The van der Waals surface area contributed by atoms with Gasteiger partial charge in [0.25, 0.3) is 6.20 Å². The molecular weight excluding hydrogens is 149 g/mol. The van der Waals surface area contributed by atoms with E-state index in [0.717, 1.165) is 0 Å². The van der Waals surface area contributed by atoms with Crippen LogP contribution in [0.15, 0.2) is 11.2 Å². The zero-order valence-corrected chi connectivity index (χ0v) is 4.83. The van der Waals surface area contributed by atoms with Crippen LogP contribution in [-0.2, 0) is 4.79 Å². The van der Waals surface area contributed by atoms with Gasteiger partial charge in [-0.1, -0.05) is 11.6 Å². The van der Waals surface area contributed by atoms with E-state index in [1.807, 2.05) is 0 Å². The lowest BCUT2D eigenvalue weighted by Crippen LogP contribution is -1.96. The van der Waals surface area contributed by atoms with Crippen LogP contribution in [0.1, 0.15) is 0 Å². The summed E-state index contributed by atoms with van der Waals surface area (Å²) in [5.41, 5.74) is 0. The molecule has 0 amide bonds. The standard InChI is InChI=1S/C3H2ClNO4/c4-2(3(6)7)1-5(8)9/h1H,(H,6,7)/b2-1-. The highest BCUT2D eigenvalue weighted by Crippen LogP contribution is 1.99. The van der Waals surface area contributed by atoms with Gasteiger partial charge < -0.3 is 5.11 Å². The summed E-state index contributed by atoms with van der Waals surface area (Å²) in [4.78, 5) is 18.3. The predicted molar refractivity (Wildman–Crippen MR) is 28.6 cm³/mol. The van der Waals surface area contributed by atoms with Gasteiger partial charge in [-0.05, 0) is 0 Å². The topological polar surface area (TPSA) is 80.4 Å². The van der Waals surface area contributed by atoms with Gasteiger partial charge in [-0.3, -0.25) is 10.1 Å². The number of carbonyl (C=O) groups is 1. The van der Waals surface area contributed by atoms with Gasteiger partial charge in [0.05, 0.1) is 4.92 Å². The van der Waals surface area contributed by atoms with E-state index < -0.39 is 15.9 Å². The second-order valence-corrected chi connectivity index (χ2v) is 1.47. The van der Waals surface area contributed by atoms with E-state index in [0.29, 0.717) is 0 Å². The third-order valence-electron chi connectivity index (χ3n) is 0.423. The minimum Gasteiger partial charge on any atom is -0.477 e. The van der Waals surface area contributed by atoms with Gasteiger partial charge in [-0.15, -0.1) is 0 Å². The van der Waals surface area contributed by atoms with Crippen molar-refractivity contribution < 1.29 is 14.8 Å². The number of halogens is 1. The molecule has 9 heavy (non-hydrogen) atoms. The first-order chi connectivity index (χ1) is 4.04. The van der Waals surface area contributed by atoms with E-state index in [1.165, 1.54) is 0 Å². The molecule has 0 aliphatic carbocycles. The SMILES string of the molecule is O=C(O)/C(Cl)=C/[N+](=O)[O-].